The molecule has 0 saturated carbocycles. The van der Waals surface area contributed by atoms with Crippen molar-refractivity contribution in [3.8, 4) is 0 Å². The fraction of sp³-hybridized carbons (Fsp3) is 0.769. The molecule has 2 atom stereocenters. The average molecular weight is 267 g/mol. The van der Waals surface area contributed by atoms with Crippen molar-refractivity contribution in [2.75, 3.05) is 39.9 Å². The second kappa shape index (κ2) is 5.65. The number of aromatic nitrogens is 1. The van der Waals surface area contributed by atoms with Crippen molar-refractivity contribution in [3.63, 3.8) is 0 Å². The van der Waals surface area contributed by atoms with E-state index in [2.05, 4.69) is 22.6 Å². The number of likely N-dealkylation sites (tertiary alicyclic amines) is 1. The Balaban J connectivity index is 1.68. The van der Waals surface area contributed by atoms with Crippen LogP contribution in [0.25, 0.3) is 0 Å². The molecule has 3 heterocycles. The molecule has 2 aliphatic heterocycles. The monoisotopic (exact) mass is 267 g/mol. The first-order valence-corrected chi connectivity index (χ1v) is 7.66. The summed E-state index contributed by atoms with van der Waals surface area (Å²) in [6.45, 7) is 4.90. The van der Waals surface area contributed by atoms with E-state index in [9.17, 15) is 0 Å². The van der Waals surface area contributed by atoms with Gasteiger partial charge >= 0.3 is 0 Å². The van der Waals surface area contributed by atoms with Gasteiger partial charge < -0.3 is 15.0 Å². The first-order valence-electron chi connectivity index (χ1n) is 6.78. The number of rotatable bonds is 2. The molecule has 100 valence electrons. The maximum absolute atomic E-state index is 5.50. The Bertz CT molecular complexity index is 389. The minimum atomic E-state index is 0.296. The molecule has 2 fully saturated rings. The summed E-state index contributed by atoms with van der Waals surface area (Å²) in [5.41, 5.74) is 1.17. The van der Waals surface area contributed by atoms with Gasteiger partial charge in [-0.3, -0.25) is 0 Å². The molecule has 1 aromatic heterocycles. The van der Waals surface area contributed by atoms with E-state index in [1.165, 1.54) is 30.1 Å². The van der Waals surface area contributed by atoms with E-state index in [1.807, 2.05) is 11.3 Å². The standard InChI is InChI=1S/C13H21N3OS/c1-16-5-2-3-10(7-16)13-15-12(9-18-13)11-8-17-6-4-14-11/h9-11,14H,2-8H2,1H3. The Kier molecular flexibility index (Phi) is 3.94. The lowest BCUT2D eigenvalue weighted by atomic mass is 9.99. The predicted molar refractivity (Wildman–Crippen MR) is 73.1 cm³/mol. The number of likely N-dealkylation sites (N-methyl/N-ethyl adjacent to an activating group) is 1. The smallest absolute Gasteiger partial charge is 0.0972 e. The van der Waals surface area contributed by atoms with Crippen LogP contribution in [0.3, 0.4) is 0 Å². The molecule has 0 aliphatic carbocycles. The molecular formula is C13H21N3OS. The number of ether oxygens (including phenoxy) is 1. The van der Waals surface area contributed by atoms with Gasteiger partial charge in [-0.25, -0.2) is 4.98 Å². The SMILES string of the molecule is CN1CCCC(c2nc(C3COCCN3)cs2)C1. The molecule has 2 unspecified atom stereocenters. The van der Waals surface area contributed by atoms with Crippen LogP contribution in [0.1, 0.15) is 35.5 Å². The van der Waals surface area contributed by atoms with Crippen molar-refractivity contribution in [1.82, 2.24) is 15.2 Å². The number of nitrogens with zero attached hydrogens (tertiary/aromatic N) is 2. The molecule has 3 rings (SSSR count). The molecule has 0 amide bonds. The third-order valence-corrected chi connectivity index (χ3v) is 4.82. The zero-order chi connectivity index (χ0) is 12.4. The Labute approximate surface area is 112 Å². The van der Waals surface area contributed by atoms with E-state index in [-0.39, 0.29) is 0 Å². The summed E-state index contributed by atoms with van der Waals surface area (Å²) in [6.07, 6.45) is 2.58. The third kappa shape index (κ3) is 2.74. The minimum absolute atomic E-state index is 0.296. The number of nitrogens with one attached hydrogen (secondary N) is 1. The molecule has 0 radical (unpaired) electrons. The summed E-state index contributed by atoms with van der Waals surface area (Å²) in [6, 6.07) is 0.296. The van der Waals surface area contributed by atoms with Crippen LogP contribution in [0.5, 0.6) is 0 Å². The van der Waals surface area contributed by atoms with Crippen LogP contribution in [-0.2, 0) is 4.74 Å². The Morgan fingerprint density at radius 1 is 1.56 bits per heavy atom. The van der Waals surface area contributed by atoms with Gasteiger partial charge in [0.2, 0.25) is 0 Å². The van der Waals surface area contributed by atoms with E-state index in [1.54, 1.807) is 0 Å². The lowest BCUT2D eigenvalue weighted by Gasteiger charge is -2.28. The van der Waals surface area contributed by atoms with Crippen LogP contribution < -0.4 is 5.32 Å². The van der Waals surface area contributed by atoms with Gasteiger partial charge in [-0.2, -0.15) is 0 Å². The van der Waals surface area contributed by atoms with E-state index in [0.29, 0.717) is 12.0 Å². The Hall–Kier alpha value is -0.490. The third-order valence-electron chi connectivity index (χ3n) is 3.79. The average Bonchev–Trinajstić information content (AvgIpc) is 2.89. The quantitative estimate of drug-likeness (QED) is 0.883. The van der Waals surface area contributed by atoms with Crippen LogP contribution in [0.2, 0.25) is 0 Å². The fourth-order valence-electron chi connectivity index (χ4n) is 2.77. The zero-order valence-electron chi connectivity index (χ0n) is 10.9. The van der Waals surface area contributed by atoms with Crippen LogP contribution in [0.4, 0.5) is 0 Å². The molecule has 18 heavy (non-hydrogen) atoms. The normalized spacial score (nSPS) is 30.5. The Morgan fingerprint density at radius 2 is 2.50 bits per heavy atom. The van der Waals surface area contributed by atoms with Gasteiger partial charge in [0.1, 0.15) is 0 Å². The summed E-state index contributed by atoms with van der Waals surface area (Å²) in [5.74, 6) is 0.631. The number of piperidine rings is 1. The predicted octanol–water partition coefficient (Wildman–Crippen LogP) is 1.61. The lowest BCUT2D eigenvalue weighted by Crippen LogP contribution is -2.35. The molecule has 1 aromatic rings. The van der Waals surface area contributed by atoms with Crippen LogP contribution >= 0.6 is 11.3 Å². The summed E-state index contributed by atoms with van der Waals surface area (Å²) >= 11 is 1.82. The van der Waals surface area contributed by atoms with E-state index in [0.717, 1.165) is 26.3 Å². The summed E-state index contributed by atoms with van der Waals surface area (Å²) < 4.78 is 5.50. The molecule has 2 saturated heterocycles. The maximum atomic E-state index is 5.50. The molecule has 0 bridgehead atoms. The van der Waals surface area contributed by atoms with Gasteiger partial charge in [0.05, 0.1) is 30.0 Å². The van der Waals surface area contributed by atoms with E-state index in [4.69, 9.17) is 9.72 Å². The molecule has 0 spiro atoms. The summed E-state index contributed by atoms with van der Waals surface area (Å²) in [4.78, 5) is 7.26. The second-order valence-corrected chi connectivity index (χ2v) is 6.18. The van der Waals surface area contributed by atoms with Gasteiger partial charge in [0.25, 0.3) is 0 Å². The van der Waals surface area contributed by atoms with Gasteiger partial charge in [0.15, 0.2) is 0 Å². The van der Waals surface area contributed by atoms with Gasteiger partial charge in [0, 0.05) is 24.4 Å². The lowest BCUT2D eigenvalue weighted by molar-refractivity contribution is 0.0757. The first kappa shape index (κ1) is 12.5. The minimum Gasteiger partial charge on any atom is -0.378 e. The van der Waals surface area contributed by atoms with Crippen molar-refractivity contribution in [1.29, 1.82) is 0 Å². The zero-order valence-corrected chi connectivity index (χ0v) is 11.7. The van der Waals surface area contributed by atoms with E-state index < -0.39 is 0 Å². The second-order valence-electron chi connectivity index (χ2n) is 5.29. The van der Waals surface area contributed by atoms with Crippen molar-refractivity contribution in [2.24, 2.45) is 0 Å². The highest BCUT2D eigenvalue weighted by Gasteiger charge is 2.24. The summed E-state index contributed by atoms with van der Waals surface area (Å²) in [5, 5.41) is 6.98. The molecule has 0 aromatic carbocycles. The number of hydrogen-bond acceptors (Lipinski definition) is 5. The first-order chi connectivity index (χ1) is 8.83. The topological polar surface area (TPSA) is 37.4 Å². The van der Waals surface area contributed by atoms with Crippen molar-refractivity contribution in [2.45, 2.75) is 24.8 Å². The van der Waals surface area contributed by atoms with Crippen LogP contribution in [0.15, 0.2) is 5.38 Å². The fourth-order valence-corrected chi connectivity index (χ4v) is 3.77. The molecule has 2 aliphatic rings. The largest absolute Gasteiger partial charge is 0.378 e. The van der Waals surface area contributed by atoms with Crippen molar-refractivity contribution in [3.05, 3.63) is 16.1 Å². The molecule has 1 N–H and O–H groups in total. The Morgan fingerprint density at radius 3 is 3.28 bits per heavy atom. The summed E-state index contributed by atoms with van der Waals surface area (Å²) in [7, 11) is 2.21. The maximum Gasteiger partial charge on any atom is 0.0972 e. The van der Waals surface area contributed by atoms with Crippen molar-refractivity contribution < 1.29 is 4.74 Å². The van der Waals surface area contributed by atoms with Crippen LogP contribution in [-0.4, -0.2) is 49.8 Å². The highest BCUT2D eigenvalue weighted by atomic mass is 32.1. The number of thiazole rings is 1. The molecule has 5 heteroatoms. The van der Waals surface area contributed by atoms with Crippen LogP contribution in [0, 0.1) is 0 Å². The highest BCUT2D eigenvalue weighted by Crippen LogP contribution is 2.30. The number of hydrogen-bond donors (Lipinski definition) is 1. The van der Waals surface area contributed by atoms with Crippen molar-refractivity contribution >= 4 is 11.3 Å². The number of morpholine rings is 1. The van der Waals surface area contributed by atoms with Gasteiger partial charge in [-0.15, -0.1) is 11.3 Å². The van der Waals surface area contributed by atoms with E-state index >= 15 is 0 Å². The molecule has 4 nitrogen and oxygen atoms in total. The highest BCUT2D eigenvalue weighted by molar-refractivity contribution is 7.09. The van der Waals surface area contributed by atoms with Gasteiger partial charge in [-0.05, 0) is 26.4 Å². The molecular weight excluding hydrogens is 246 g/mol. The van der Waals surface area contributed by atoms with Gasteiger partial charge in [-0.1, -0.05) is 0 Å².